The zero-order chi connectivity index (χ0) is 19.2. The predicted octanol–water partition coefficient (Wildman–Crippen LogP) is 2.49. The molecule has 0 unspecified atom stereocenters. The van der Waals surface area contributed by atoms with Gasteiger partial charge in [0.2, 0.25) is 11.8 Å². The first-order valence-electron chi connectivity index (χ1n) is 8.68. The minimum absolute atomic E-state index is 0.0765. The second kappa shape index (κ2) is 8.31. The van der Waals surface area contributed by atoms with Crippen molar-refractivity contribution in [3.05, 3.63) is 77.4 Å². The third kappa shape index (κ3) is 4.61. The number of hydrogen-bond donors (Lipinski definition) is 2. The quantitative estimate of drug-likeness (QED) is 0.816. The minimum atomic E-state index is -0.992. The molecule has 0 spiro atoms. The van der Waals surface area contributed by atoms with E-state index >= 15 is 0 Å². The number of carbonyl (C=O) groups excluding carboxylic acids is 2. The molecule has 1 heterocycles. The minimum Gasteiger partial charge on any atom is -0.478 e. The van der Waals surface area contributed by atoms with Crippen LogP contribution >= 0.6 is 0 Å². The van der Waals surface area contributed by atoms with Crippen molar-refractivity contribution in [1.29, 1.82) is 0 Å². The van der Waals surface area contributed by atoms with Crippen LogP contribution < -0.4 is 5.32 Å². The lowest BCUT2D eigenvalue weighted by Crippen LogP contribution is -2.35. The zero-order valence-corrected chi connectivity index (χ0v) is 14.7. The third-order valence-corrected chi connectivity index (χ3v) is 4.47. The van der Waals surface area contributed by atoms with Crippen molar-refractivity contribution >= 4 is 23.9 Å². The average molecular weight is 364 g/mol. The summed E-state index contributed by atoms with van der Waals surface area (Å²) < 4.78 is 0. The molecular weight excluding hydrogens is 344 g/mol. The van der Waals surface area contributed by atoms with E-state index in [0.29, 0.717) is 13.1 Å². The molecule has 0 aliphatic carbocycles. The highest BCUT2D eigenvalue weighted by molar-refractivity contribution is 5.93. The maximum absolute atomic E-state index is 12.8. The highest BCUT2D eigenvalue weighted by atomic mass is 16.4. The Labute approximate surface area is 157 Å². The van der Waals surface area contributed by atoms with Gasteiger partial charge in [0.25, 0.3) is 0 Å². The Morgan fingerprint density at radius 3 is 2.44 bits per heavy atom. The van der Waals surface area contributed by atoms with Crippen LogP contribution in [0.2, 0.25) is 0 Å². The lowest BCUT2D eigenvalue weighted by atomic mass is 10.0. The molecule has 1 fully saturated rings. The molecule has 3 rings (SSSR count). The first-order valence-corrected chi connectivity index (χ1v) is 8.68. The van der Waals surface area contributed by atoms with Crippen molar-refractivity contribution in [2.45, 2.75) is 12.5 Å². The molecule has 1 aliphatic rings. The standard InChI is InChI=1S/C21H20N2O4/c24-19-14-18(16-4-2-1-3-5-16)23(13-12-22-19)20(25)11-8-15-6-9-17(10-7-15)21(26)27/h1-11,18H,12-14H2,(H,22,24)(H,26,27)/b11-8+/t18-/m0/s1. The molecule has 6 nitrogen and oxygen atoms in total. The van der Waals surface area contributed by atoms with Crippen LogP contribution in [0.5, 0.6) is 0 Å². The SMILES string of the molecule is O=C1C[C@@H](c2ccccc2)N(C(=O)/C=C/c2ccc(C(=O)O)cc2)CCN1. The number of aromatic carboxylic acids is 1. The molecular formula is C21H20N2O4. The van der Waals surface area contributed by atoms with Gasteiger partial charge >= 0.3 is 5.97 Å². The van der Waals surface area contributed by atoms with Crippen LogP contribution in [-0.2, 0) is 9.59 Å². The summed E-state index contributed by atoms with van der Waals surface area (Å²) in [6.45, 7) is 0.835. The van der Waals surface area contributed by atoms with E-state index in [2.05, 4.69) is 5.32 Å². The number of hydrogen-bond acceptors (Lipinski definition) is 3. The monoisotopic (exact) mass is 364 g/mol. The van der Waals surface area contributed by atoms with Crippen LogP contribution in [0.1, 0.15) is 33.9 Å². The molecule has 27 heavy (non-hydrogen) atoms. The van der Waals surface area contributed by atoms with Crippen LogP contribution in [0.4, 0.5) is 0 Å². The van der Waals surface area contributed by atoms with Crippen molar-refractivity contribution in [2.24, 2.45) is 0 Å². The number of nitrogens with one attached hydrogen (secondary N) is 1. The number of benzene rings is 2. The number of carboxylic acids is 1. The van der Waals surface area contributed by atoms with Gasteiger partial charge in [-0.25, -0.2) is 4.79 Å². The van der Waals surface area contributed by atoms with Crippen LogP contribution in [0.25, 0.3) is 6.08 Å². The molecule has 0 radical (unpaired) electrons. The van der Waals surface area contributed by atoms with Gasteiger partial charge in [-0.3, -0.25) is 9.59 Å². The van der Waals surface area contributed by atoms with Crippen LogP contribution in [0, 0.1) is 0 Å². The highest BCUT2D eigenvalue weighted by Crippen LogP contribution is 2.26. The topological polar surface area (TPSA) is 86.7 Å². The number of carbonyl (C=O) groups is 3. The Morgan fingerprint density at radius 1 is 1.07 bits per heavy atom. The molecule has 0 aromatic heterocycles. The molecule has 1 saturated heterocycles. The number of carboxylic acid groups (broad SMARTS) is 1. The first kappa shape index (κ1) is 18.4. The number of nitrogens with zero attached hydrogens (tertiary/aromatic N) is 1. The van der Waals surface area contributed by atoms with E-state index in [1.807, 2.05) is 30.3 Å². The molecule has 2 aromatic carbocycles. The molecule has 2 aromatic rings. The first-order chi connectivity index (χ1) is 13.0. The van der Waals surface area contributed by atoms with Crippen molar-refractivity contribution in [3.63, 3.8) is 0 Å². The third-order valence-electron chi connectivity index (χ3n) is 4.47. The van der Waals surface area contributed by atoms with E-state index in [1.54, 1.807) is 23.1 Å². The predicted molar refractivity (Wildman–Crippen MR) is 101 cm³/mol. The van der Waals surface area contributed by atoms with E-state index < -0.39 is 5.97 Å². The molecule has 6 heteroatoms. The van der Waals surface area contributed by atoms with E-state index in [-0.39, 0.29) is 29.8 Å². The van der Waals surface area contributed by atoms with Gasteiger partial charge in [-0.05, 0) is 29.3 Å². The largest absolute Gasteiger partial charge is 0.478 e. The van der Waals surface area contributed by atoms with Crippen molar-refractivity contribution < 1.29 is 19.5 Å². The Morgan fingerprint density at radius 2 is 1.78 bits per heavy atom. The fourth-order valence-electron chi connectivity index (χ4n) is 3.07. The summed E-state index contributed by atoms with van der Waals surface area (Å²) in [5.74, 6) is -1.26. The summed E-state index contributed by atoms with van der Waals surface area (Å²) in [6.07, 6.45) is 3.33. The Balaban J connectivity index is 1.79. The molecule has 2 amide bonds. The van der Waals surface area contributed by atoms with Crippen LogP contribution in [0.3, 0.4) is 0 Å². The Hall–Kier alpha value is -3.41. The zero-order valence-electron chi connectivity index (χ0n) is 14.7. The fraction of sp³-hybridized carbons (Fsp3) is 0.190. The number of amides is 2. The van der Waals surface area contributed by atoms with Crippen molar-refractivity contribution in [1.82, 2.24) is 10.2 Å². The molecule has 2 N–H and O–H groups in total. The smallest absolute Gasteiger partial charge is 0.335 e. The molecule has 138 valence electrons. The second-order valence-corrected chi connectivity index (χ2v) is 6.27. The molecule has 0 saturated carbocycles. The van der Waals surface area contributed by atoms with E-state index in [1.165, 1.54) is 18.2 Å². The molecule has 0 bridgehead atoms. The van der Waals surface area contributed by atoms with Crippen molar-refractivity contribution in [2.75, 3.05) is 13.1 Å². The van der Waals surface area contributed by atoms with Crippen molar-refractivity contribution in [3.8, 4) is 0 Å². The molecule has 1 aliphatic heterocycles. The van der Waals surface area contributed by atoms with Gasteiger partial charge in [-0.2, -0.15) is 0 Å². The Bertz CT molecular complexity index is 860. The fourth-order valence-corrected chi connectivity index (χ4v) is 3.07. The lowest BCUT2D eigenvalue weighted by Gasteiger charge is -2.28. The number of rotatable bonds is 4. The van der Waals surface area contributed by atoms with Crippen LogP contribution in [-0.4, -0.2) is 40.9 Å². The van der Waals surface area contributed by atoms with Crippen LogP contribution in [0.15, 0.2) is 60.7 Å². The molecule has 1 atom stereocenters. The summed E-state index contributed by atoms with van der Waals surface area (Å²) in [5, 5.41) is 11.7. The van der Waals surface area contributed by atoms with E-state index in [9.17, 15) is 14.4 Å². The summed E-state index contributed by atoms with van der Waals surface area (Å²) in [5.41, 5.74) is 1.84. The highest BCUT2D eigenvalue weighted by Gasteiger charge is 2.28. The van der Waals surface area contributed by atoms with Gasteiger partial charge in [-0.15, -0.1) is 0 Å². The van der Waals surface area contributed by atoms with Gasteiger partial charge in [0.15, 0.2) is 0 Å². The maximum Gasteiger partial charge on any atom is 0.335 e. The summed E-state index contributed by atoms with van der Waals surface area (Å²) in [4.78, 5) is 37.4. The summed E-state index contributed by atoms with van der Waals surface area (Å²) in [7, 11) is 0. The van der Waals surface area contributed by atoms with Gasteiger partial charge in [-0.1, -0.05) is 42.5 Å². The normalized spacial score (nSPS) is 17.4. The van der Waals surface area contributed by atoms with E-state index in [0.717, 1.165) is 11.1 Å². The van der Waals surface area contributed by atoms with E-state index in [4.69, 9.17) is 5.11 Å². The van der Waals surface area contributed by atoms with Gasteiger partial charge in [0, 0.05) is 19.2 Å². The Kier molecular flexibility index (Phi) is 5.66. The maximum atomic E-state index is 12.8. The average Bonchev–Trinajstić information content (AvgIpc) is 2.88. The van der Waals surface area contributed by atoms with Gasteiger partial charge in [0.1, 0.15) is 0 Å². The lowest BCUT2D eigenvalue weighted by molar-refractivity contribution is -0.128. The second-order valence-electron chi connectivity index (χ2n) is 6.27. The summed E-state index contributed by atoms with van der Waals surface area (Å²) in [6, 6.07) is 15.5. The van der Waals surface area contributed by atoms with Gasteiger partial charge < -0.3 is 15.3 Å². The van der Waals surface area contributed by atoms with Gasteiger partial charge in [0.05, 0.1) is 18.0 Å². The summed E-state index contributed by atoms with van der Waals surface area (Å²) >= 11 is 0.